The van der Waals surface area contributed by atoms with Crippen LogP contribution in [-0.4, -0.2) is 20.5 Å². The minimum absolute atomic E-state index is 0.151. The number of aliphatic carboxylic acids is 1. The van der Waals surface area contributed by atoms with Gasteiger partial charge in [0.2, 0.25) is 0 Å². The van der Waals surface area contributed by atoms with Crippen molar-refractivity contribution in [2.75, 3.05) is 0 Å². The Balaban J connectivity index is 2.00. The molecule has 0 aliphatic rings. The summed E-state index contributed by atoms with van der Waals surface area (Å²) in [5.74, 6) is 0.296. The number of hydrogen-bond acceptors (Lipinski definition) is 5. The highest BCUT2D eigenvalue weighted by molar-refractivity contribution is 7.15. The van der Waals surface area contributed by atoms with Crippen LogP contribution in [0.4, 0.5) is 0 Å². The van der Waals surface area contributed by atoms with Gasteiger partial charge in [0, 0.05) is 5.38 Å². The van der Waals surface area contributed by atoms with E-state index in [4.69, 9.17) is 8.83 Å². The first-order valence-electron chi connectivity index (χ1n) is 6.52. The van der Waals surface area contributed by atoms with E-state index in [-0.39, 0.29) is 6.42 Å². The molecule has 0 atom stereocenters. The topological polar surface area (TPSA) is 80.9 Å². The Bertz CT molecular complexity index is 932. The number of fused-ring (bicyclic) bond motifs is 1. The van der Waals surface area contributed by atoms with Gasteiger partial charge in [-0.15, -0.1) is 11.3 Å². The summed E-state index contributed by atoms with van der Waals surface area (Å²) in [7, 11) is 0. The number of nitrogens with zero attached hydrogens (tertiary/aromatic N) is 2. The van der Waals surface area contributed by atoms with Gasteiger partial charge in [-0.3, -0.25) is 9.20 Å². The highest BCUT2D eigenvalue weighted by Gasteiger charge is 2.22. The van der Waals surface area contributed by atoms with E-state index in [1.807, 2.05) is 15.8 Å². The minimum Gasteiger partial charge on any atom is -0.481 e. The van der Waals surface area contributed by atoms with Crippen LogP contribution in [-0.2, 0) is 11.2 Å². The number of carboxylic acid groups (broad SMARTS) is 1. The van der Waals surface area contributed by atoms with Crippen LogP contribution in [0.1, 0.15) is 5.69 Å². The molecule has 0 spiro atoms. The van der Waals surface area contributed by atoms with Gasteiger partial charge >= 0.3 is 5.97 Å². The summed E-state index contributed by atoms with van der Waals surface area (Å²) in [4.78, 5) is 16.5. The Hall–Kier alpha value is -2.80. The molecule has 0 radical (unpaired) electrons. The minimum atomic E-state index is -0.925. The third-order valence-electron chi connectivity index (χ3n) is 3.31. The number of aromatic nitrogens is 2. The maximum absolute atomic E-state index is 11.3. The number of rotatable bonds is 4. The second-order valence-electron chi connectivity index (χ2n) is 4.67. The van der Waals surface area contributed by atoms with Crippen molar-refractivity contribution in [3.8, 4) is 22.9 Å². The van der Waals surface area contributed by atoms with Gasteiger partial charge in [-0.05, 0) is 24.3 Å². The molecule has 1 N–H and O–H groups in total. The van der Waals surface area contributed by atoms with Gasteiger partial charge in [0.25, 0.3) is 0 Å². The van der Waals surface area contributed by atoms with Gasteiger partial charge in [-0.25, -0.2) is 4.98 Å². The van der Waals surface area contributed by atoms with Crippen LogP contribution in [0.25, 0.3) is 27.9 Å². The zero-order valence-corrected chi connectivity index (χ0v) is 12.0. The van der Waals surface area contributed by atoms with Crippen LogP contribution in [0.5, 0.6) is 0 Å². The molecule has 4 rings (SSSR count). The van der Waals surface area contributed by atoms with Gasteiger partial charge in [-0.1, -0.05) is 0 Å². The quantitative estimate of drug-likeness (QED) is 0.623. The molecule has 0 aliphatic carbocycles. The average molecular weight is 314 g/mol. The van der Waals surface area contributed by atoms with Crippen molar-refractivity contribution in [3.63, 3.8) is 0 Å². The number of carboxylic acids is 1. The lowest BCUT2D eigenvalue weighted by Crippen LogP contribution is -2.05. The largest absolute Gasteiger partial charge is 0.481 e. The van der Waals surface area contributed by atoms with E-state index >= 15 is 0 Å². The van der Waals surface area contributed by atoms with Crippen LogP contribution in [0.3, 0.4) is 0 Å². The average Bonchev–Trinajstić information content (AvgIpc) is 3.24. The Labute approximate surface area is 128 Å². The van der Waals surface area contributed by atoms with E-state index in [1.165, 1.54) is 11.3 Å². The van der Waals surface area contributed by atoms with Crippen LogP contribution in [0.15, 0.2) is 51.0 Å². The summed E-state index contributed by atoms with van der Waals surface area (Å²) in [5.41, 5.74) is 1.91. The van der Waals surface area contributed by atoms with Crippen molar-refractivity contribution in [1.29, 1.82) is 0 Å². The molecule has 0 saturated heterocycles. The Morgan fingerprint density at radius 3 is 2.59 bits per heavy atom. The Morgan fingerprint density at radius 1 is 1.23 bits per heavy atom. The standard InChI is InChI=1S/C15H10N2O4S/c18-13(19)7-9-14(12-4-2-6-21-12)16-15-17(9)10(8-22-15)11-3-1-5-20-11/h1-6,8H,7H2,(H,18,19). The number of thiazole rings is 1. The third-order valence-corrected chi connectivity index (χ3v) is 4.13. The monoisotopic (exact) mass is 314 g/mol. The molecule has 110 valence electrons. The maximum Gasteiger partial charge on any atom is 0.309 e. The molecule has 4 aromatic rings. The summed E-state index contributed by atoms with van der Waals surface area (Å²) in [5, 5.41) is 11.1. The van der Waals surface area contributed by atoms with Crippen molar-refractivity contribution in [2.24, 2.45) is 0 Å². The van der Waals surface area contributed by atoms with Gasteiger partial charge in [-0.2, -0.15) is 0 Å². The number of hydrogen-bond donors (Lipinski definition) is 1. The SMILES string of the molecule is O=C(O)Cc1c(-c2ccco2)nc2scc(-c3ccco3)n12. The van der Waals surface area contributed by atoms with Gasteiger partial charge in [0.1, 0.15) is 11.4 Å². The summed E-state index contributed by atoms with van der Waals surface area (Å²) < 4.78 is 12.6. The number of carbonyl (C=O) groups is 1. The molecule has 0 amide bonds. The maximum atomic E-state index is 11.3. The molecule has 0 saturated carbocycles. The normalized spacial score (nSPS) is 11.3. The summed E-state index contributed by atoms with van der Waals surface area (Å²) in [6, 6.07) is 7.14. The fourth-order valence-electron chi connectivity index (χ4n) is 2.43. The van der Waals surface area contributed by atoms with E-state index in [0.717, 1.165) is 5.69 Å². The van der Waals surface area contributed by atoms with Crippen molar-refractivity contribution in [2.45, 2.75) is 6.42 Å². The summed E-state index contributed by atoms with van der Waals surface area (Å²) in [6.45, 7) is 0. The molecule has 0 bridgehead atoms. The van der Waals surface area contributed by atoms with E-state index in [1.54, 1.807) is 30.7 Å². The Morgan fingerprint density at radius 2 is 1.95 bits per heavy atom. The fourth-order valence-corrected chi connectivity index (χ4v) is 3.33. The van der Waals surface area contributed by atoms with E-state index < -0.39 is 5.97 Å². The molecule has 0 unspecified atom stereocenters. The first-order chi connectivity index (χ1) is 10.7. The number of furan rings is 2. The summed E-state index contributed by atoms with van der Waals surface area (Å²) in [6.07, 6.45) is 2.97. The van der Waals surface area contributed by atoms with Crippen molar-refractivity contribution in [3.05, 3.63) is 47.9 Å². The fraction of sp³-hybridized carbons (Fsp3) is 0.0667. The highest BCUT2D eigenvalue weighted by atomic mass is 32.1. The smallest absolute Gasteiger partial charge is 0.309 e. The van der Waals surface area contributed by atoms with E-state index in [9.17, 15) is 9.90 Å². The molecule has 0 aromatic carbocycles. The van der Waals surface area contributed by atoms with Crippen molar-refractivity contribution >= 4 is 22.3 Å². The predicted molar refractivity (Wildman–Crippen MR) is 79.8 cm³/mol. The van der Waals surface area contributed by atoms with Crippen LogP contribution >= 0.6 is 11.3 Å². The van der Waals surface area contributed by atoms with Gasteiger partial charge in [0.05, 0.1) is 24.6 Å². The van der Waals surface area contributed by atoms with Crippen LogP contribution in [0, 0.1) is 0 Å². The van der Waals surface area contributed by atoms with Gasteiger partial charge < -0.3 is 13.9 Å². The third kappa shape index (κ3) is 1.94. The molecular formula is C15H10N2O4S. The van der Waals surface area contributed by atoms with E-state index in [0.29, 0.717) is 27.9 Å². The molecule has 22 heavy (non-hydrogen) atoms. The number of imidazole rings is 1. The predicted octanol–water partition coefficient (Wildman–Crippen LogP) is 3.54. The van der Waals surface area contributed by atoms with Crippen molar-refractivity contribution < 1.29 is 18.7 Å². The zero-order valence-electron chi connectivity index (χ0n) is 11.2. The molecule has 0 fully saturated rings. The lowest BCUT2D eigenvalue weighted by Gasteiger charge is -2.02. The van der Waals surface area contributed by atoms with Gasteiger partial charge in [0.15, 0.2) is 16.5 Å². The van der Waals surface area contributed by atoms with E-state index in [2.05, 4.69) is 4.98 Å². The molecular weight excluding hydrogens is 304 g/mol. The first-order valence-corrected chi connectivity index (χ1v) is 7.40. The lowest BCUT2D eigenvalue weighted by atomic mass is 10.2. The molecule has 7 heteroatoms. The first kappa shape index (κ1) is 12.9. The second kappa shape index (κ2) is 4.88. The Kier molecular flexibility index (Phi) is 2.87. The lowest BCUT2D eigenvalue weighted by molar-refractivity contribution is -0.136. The molecule has 6 nitrogen and oxygen atoms in total. The summed E-state index contributed by atoms with van der Waals surface area (Å²) >= 11 is 1.43. The highest BCUT2D eigenvalue weighted by Crippen LogP contribution is 2.33. The zero-order chi connectivity index (χ0) is 15.1. The van der Waals surface area contributed by atoms with Crippen molar-refractivity contribution in [1.82, 2.24) is 9.38 Å². The second-order valence-corrected chi connectivity index (χ2v) is 5.51. The molecule has 4 aromatic heterocycles. The van der Waals surface area contributed by atoms with Crippen LogP contribution in [0.2, 0.25) is 0 Å². The molecule has 0 aliphatic heterocycles. The molecule has 4 heterocycles. The van der Waals surface area contributed by atoms with Crippen LogP contribution < -0.4 is 0 Å².